The molecule has 0 amide bonds. The average molecular weight is 335 g/mol. The Morgan fingerprint density at radius 1 is 1.25 bits per heavy atom. The molecule has 2 N–H and O–H groups in total. The Kier molecular flexibility index (Phi) is 4.38. The van der Waals surface area contributed by atoms with Gasteiger partial charge in [-0.05, 0) is 36.8 Å². The van der Waals surface area contributed by atoms with Gasteiger partial charge in [0.1, 0.15) is 23.4 Å². The first-order valence-electron chi connectivity index (χ1n) is 5.94. The van der Waals surface area contributed by atoms with Crippen molar-refractivity contribution in [2.75, 3.05) is 0 Å². The maximum Gasteiger partial charge on any atom is 0.144 e. The molecule has 0 saturated carbocycles. The molecule has 2 rings (SSSR count). The van der Waals surface area contributed by atoms with Crippen molar-refractivity contribution in [1.29, 1.82) is 5.26 Å². The van der Waals surface area contributed by atoms with E-state index in [1.54, 1.807) is 24.3 Å². The number of ether oxygens (including phenoxy) is 1. The number of nitrogens with two attached hydrogens (primary N) is 1. The summed E-state index contributed by atoms with van der Waals surface area (Å²) in [5.74, 6) is 0.295. The summed E-state index contributed by atoms with van der Waals surface area (Å²) in [4.78, 5) is 0. The van der Waals surface area contributed by atoms with Gasteiger partial charge in [0.15, 0.2) is 0 Å². The Balaban J connectivity index is 2.25. The highest BCUT2D eigenvalue weighted by molar-refractivity contribution is 9.10. The van der Waals surface area contributed by atoms with E-state index in [9.17, 15) is 4.39 Å². The molecule has 0 saturated heterocycles. The Labute approximate surface area is 124 Å². The highest BCUT2D eigenvalue weighted by Crippen LogP contribution is 2.30. The van der Waals surface area contributed by atoms with Crippen LogP contribution in [0, 0.1) is 17.1 Å². The van der Waals surface area contributed by atoms with Gasteiger partial charge in [0.05, 0.1) is 5.56 Å². The van der Waals surface area contributed by atoms with Crippen molar-refractivity contribution in [3.05, 3.63) is 57.8 Å². The second kappa shape index (κ2) is 6.04. The van der Waals surface area contributed by atoms with Gasteiger partial charge < -0.3 is 10.5 Å². The number of halogens is 2. The fraction of sp³-hybridized carbons (Fsp3) is 0.133. The van der Waals surface area contributed by atoms with Crippen LogP contribution in [-0.4, -0.2) is 0 Å². The fourth-order valence-corrected chi connectivity index (χ4v) is 2.45. The van der Waals surface area contributed by atoms with Gasteiger partial charge in [-0.3, -0.25) is 0 Å². The van der Waals surface area contributed by atoms with Crippen molar-refractivity contribution in [1.82, 2.24) is 0 Å². The largest absolute Gasteiger partial charge is 0.457 e. The zero-order chi connectivity index (χ0) is 14.7. The van der Waals surface area contributed by atoms with Crippen molar-refractivity contribution in [2.45, 2.75) is 13.0 Å². The van der Waals surface area contributed by atoms with Gasteiger partial charge in [-0.15, -0.1) is 0 Å². The van der Waals surface area contributed by atoms with Gasteiger partial charge >= 0.3 is 0 Å². The maximum atomic E-state index is 13.5. The third-order valence-electron chi connectivity index (χ3n) is 2.76. The van der Waals surface area contributed by atoms with Crippen LogP contribution in [0.15, 0.2) is 40.9 Å². The molecule has 0 aromatic heterocycles. The minimum absolute atomic E-state index is 0.00849. The number of benzene rings is 2. The van der Waals surface area contributed by atoms with Gasteiger partial charge in [0.25, 0.3) is 0 Å². The van der Waals surface area contributed by atoms with Crippen LogP contribution in [0.2, 0.25) is 0 Å². The summed E-state index contributed by atoms with van der Waals surface area (Å²) in [5, 5.41) is 8.67. The number of nitrogens with zero attached hydrogens (tertiary/aromatic N) is 1. The highest BCUT2D eigenvalue weighted by Gasteiger charge is 2.08. The van der Waals surface area contributed by atoms with Crippen molar-refractivity contribution in [3.8, 4) is 17.6 Å². The summed E-state index contributed by atoms with van der Waals surface area (Å²) in [6.07, 6.45) is 0. The summed E-state index contributed by atoms with van der Waals surface area (Å²) in [5.41, 5.74) is 6.77. The lowest BCUT2D eigenvalue weighted by molar-refractivity contribution is 0.475. The van der Waals surface area contributed by atoms with E-state index in [4.69, 9.17) is 15.7 Å². The predicted molar refractivity (Wildman–Crippen MR) is 77.9 cm³/mol. The molecule has 5 heteroatoms. The molecular formula is C15H12BrFN2O. The summed E-state index contributed by atoms with van der Waals surface area (Å²) < 4.78 is 19.9. The van der Waals surface area contributed by atoms with Crippen molar-refractivity contribution < 1.29 is 9.13 Å². The first-order chi connectivity index (χ1) is 9.51. The monoisotopic (exact) mass is 334 g/mol. The normalized spacial score (nSPS) is 11.8. The molecule has 0 aliphatic rings. The Morgan fingerprint density at radius 2 is 1.90 bits per heavy atom. The molecule has 0 heterocycles. The summed E-state index contributed by atoms with van der Waals surface area (Å²) in [6.45, 7) is 1.89. The lowest BCUT2D eigenvalue weighted by Crippen LogP contribution is -2.05. The Morgan fingerprint density at radius 3 is 2.45 bits per heavy atom. The van der Waals surface area contributed by atoms with E-state index in [0.29, 0.717) is 11.5 Å². The maximum absolute atomic E-state index is 13.5. The number of hydrogen-bond acceptors (Lipinski definition) is 3. The topological polar surface area (TPSA) is 59.0 Å². The quantitative estimate of drug-likeness (QED) is 0.911. The molecule has 0 bridgehead atoms. The van der Waals surface area contributed by atoms with Crippen LogP contribution >= 0.6 is 15.9 Å². The molecule has 0 unspecified atom stereocenters. The second-order valence-electron chi connectivity index (χ2n) is 4.33. The SMILES string of the molecule is C[C@H](N)c1ccc(Oc2ccc(C#N)c(F)c2)cc1Br. The first-order valence-corrected chi connectivity index (χ1v) is 6.73. The third-order valence-corrected chi connectivity index (χ3v) is 3.45. The molecule has 3 nitrogen and oxygen atoms in total. The lowest BCUT2D eigenvalue weighted by atomic mass is 10.1. The molecule has 2 aromatic carbocycles. The van der Waals surface area contributed by atoms with Crippen molar-refractivity contribution in [3.63, 3.8) is 0 Å². The standard InChI is InChI=1S/C15H12BrFN2O/c1-9(19)13-5-4-11(6-14(13)16)20-12-3-2-10(8-18)15(17)7-12/h2-7,9H,19H2,1H3/t9-/m0/s1. The molecule has 102 valence electrons. The minimum atomic E-state index is -0.601. The molecule has 0 radical (unpaired) electrons. The summed E-state index contributed by atoms with van der Waals surface area (Å²) in [6, 6.07) is 11.2. The molecule has 20 heavy (non-hydrogen) atoms. The molecule has 0 fully saturated rings. The van der Waals surface area contributed by atoms with Crippen LogP contribution < -0.4 is 10.5 Å². The van der Waals surface area contributed by atoms with Crippen LogP contribution in [-0.2, 0) is 0 Å². The second-order valence-corrected chi connectivity index (χ2v) is 5.18. The molecule has 2 aromatic rings. The molecule has 0 aliphatic heterocycles. The Hall–Kier alpha value is -1.90. The van der Waals surface area contributed by atoms with Gasteiger partial charge in [0, 0.05) is 16.6 Å². The van der Waals surface area contributed by atoms with E-state index in [0.717, 1.165) is 10.0 Å². The lowest BCUT2D eigenvalue weighted by Gasteiger charge is -2.11. The third kappa shape index (κ3) is 3.16. The summed E-state index contributed by atoms with van der Waals surface area (Å²) >= 11 is 3.42. The van der Waals surface area contributed by atoms with Crippen LogP contribution in [0.4, 0.5) is 4.39 Å². The van der Waals surface area contributed by atoms with Crippen LogP contribution in [0.25, 0.3) is 0 Å². The van der Waals surface area contributed by atoms with Gasteiger partial charge in [0.2, 0.25) is 0 Å². The van der Waals surface area contributed by atoms with Gasteiger partial charge in [-0.2, -0.15) is 5.26 Å². The van der Waals surface area contributed by atoms with E-state index in [1.807, 2.05) is 13.0 Å². The van der Waals surface area contributed by atoms with E-state index in [2.05, 4.69) is 15.9 Å². The molecule has 0 spiro atoms. The van der Waals surface area contributed by atoms with Crippen molar-refractivity contribution >= 4 is 15.9 Å². The number of hydrogen-bond donors (Lipinski definition) is 1. The van der Waals surface area contributed by atoms with E-state index in [-0.39, 0.29) is 11.6 Å². The van der Waals surface area contributed by atoms with E-state index < -0.39 is 5.82 Å². The van der Waals surface area contributed by atoms with Crippen molar-refractivity contribution in [2.24, 2.45) is 5.73 Å². The highest BCUT2D eigenvalue weighted by atomic mass is 79.9. The van der Waals surface area contributed by atoms with Gasteiger partial charge in [-0.25, -0.2) is 4.39 Å². The average Bonchev–Trinajstić information content (AvgIpc) is 2.38. The number of nitriles is 1. The Bertz CT molecular complexity index is 680. The van der Waals surface area contributed by atoms with E-state index in [1.165, 1.54) is 12.1 Å². The molecule has 1 atom stereocenters. The summed E-state index contributed by atoms with van der Waals surface area (Å²) in [7, 11) is 0. The zero-order valence-corrected chi connectivity index (χ0v) is 12.3. The van der Waals surface area contributed by atoms with E-state index >= 15 is 0 Å². The number of rotatable bonds is 3. The minimum Gasteiger partial charge on any atom is -0.457 e. The first kappa shape index (κ1) is 14.5. The van der Waals surface area contributed by atoms with Crippen LogP contribution in [0.1, 0.15) is 24.1 Å². The fourth-order valence-electron chi connectivity index (χ4n) is 1.73. The zero-order valence-electron chi connectivity index (χ0n) is 10.7. The van der Waals surface area contributed by atoms with Gasteiger partial charge in [-0.1, -0.05) is 22.0 Å². The van der Waals surface area contributed by atoms with Crippen LogP contribution in [0.3, 0.4) is 0 Å². The van der Waals surface area contributed by atoms with Crippen LogP contribution in [0.5, 0.6) is 11.5 Å². The predicted octanol–water partition coefficient (Wildman–Crippen LogP) is 4.27. The molecular weight excluding hydrogens is 323 g/mol. The molecule has 0 aliphatic carbocycles. The smallest absolute Gasteiger partial charge is 0.144 e.